The molecule has 0 spiro atoms. The topological polar surface area (TPSA) is 17.1 Å². The van der Waals surface area contributed by atoms with Gasteiger partial charge in [0.1, 0.15) is 5.78 Å². The number of carbonyl (C=O) groups excluding carboxylic acids is 1. The first-order valence-electron chi connectivity index (χ1n) is 4.56. The second-order valence-electron chi connectivity index (χ2n) is 2.99. The van der Waals surface area contributed by atoms with Crippen molar-refractivity contribution >= 4 is 33.5 Å². The zero-order valence-electron chi connectivity index (χ0n) is 8.20. The lowest BCUT2D eigenvalue weighted by molar-refractivity contribution is -0.116. The van der Waals surface area contributed by atoms with Crippen LogP contribution < -0.4 is 0 Å². The second kappa shape index (κ2) is 6.71. The van der Waals surface area contributed by atoms with Crippen molar-refractivity contribution in [3.05, 3.63) is 28.7 Å². The Balaban J connectivity index is 2.37. The highest BCUT2D eigenvalue weighted by atomic mass is 79.9. The summed E-state index contributed by atoms with van der Waals surface area (Å²) in [5, 5.41) is 0. The number of hydrogen-bond acceptors (Lipinski definition) is 2. The highest BCUT2D eigenvalue weighted by Gasteiger charge is 2.02. The molecule has 1 rings (SSSR count). The summed E-state index contributed by atoms with van der Waals surface area (Å²) in [4.78, 5) is 12.4. The van der Waals surface area contributed by atoms with Crippen LogP contribution in [0.1, 0.15) is 12.8 Å². The summed E-state index contributed by atoms with van der Waals surface area (Å²) in [7, 11) is 0. The van der Waals surface area contributed by atoms with E-state index in [4.69, 9.17) is 6.42 Å². The molecule has 0 bridgehead atoms. The molecule has 0 aliphatic rings. The van der Waals surface area contributed by atoms with Crippen molar-refractivity contribution < 1.29 is 4.79 Å². The smallest absolute Gasteiger partial charge is 0.144 e. The van der Waals surface area contributed by atoms with Gasteiger partial charge in [0.25, 0.3) is 0 Å². The van der Waals surface area contributed by atoms with Crippen LogP contribution >= 0.6 is 27.7 Å². The zero-order chi connectivity index (χ0) is 11.1. The van der Waals surface area contributed by atoms with Crippen LogP contribution in [0.15, 0.2) is 33.6 Å². The average Bonchev–Trinajstić information content (AvgIpc) is 2.23. The standard InChI is InChI=1S/C12H11BrOS/c1-2-3-6-11(14)9-15-12-7-4-5-10(13)8-12/h1,4-5,7-8H,3,6,9H2. The molecule has 0 fully saturated rings. The number of benzene rings is 1. The summed E-state index contributed by atoms with van der Waals surface area (Å²) in [6, 6.07) is 7.91. The lowest BCUT2D eigenvalue weighted by atomic mass is 10.2. The highest BCUT2D eigenvalue weighted by Crippen LogP contribution is 2.22. The van der Waals surface area contributed by atoms with Crippen LogP contribution in [-0.4, -0.2) is 11.5 Å². The Labute approximate surface area is 103 Å². The summed E-state index contributed by atoms with van der Waals surface area (Å²) < 4.78 is 1.03. The maximum Gasteiger partial charge on any atom is 0.144 e. The maximum absolute atomic E-state index is 11.3. The van der Waals surface area contributed by atoms with Crippen LogP contribution in [-0.2, 0) is 4.79 Å². The Morgan fingerprint density at radius 2 is 2.33 bits per heavy atom. The number of carbonyl (C=O) groups is 1. The summed E-state index contributed by atoms with van der Waals surface area (Å²) in [5.74, 6) is 3.17. The predicted octanol–water partition coefficient (Wildman–Crippen LogP) is 3.52. The van der Waals surface area contributed by atoms with E-state index in [0.717, 1.165) is 9.37 Å². The number of halogens is 1. The van der Waals surface area contributed by atoms with Gasteiger partial charge in [-0.3, -0.25) is 4.79 Å². The normalized spacial score (nSPS) is 9.60. The van der Waals surface area contributed by atoms with Crippen molar-refractivity contribution in [3.63, 3.8) is 0 Å². The number of hydrogen-bond donors (Lipinski definition) is 0. The fourth-order valence-corrected chi connectivity index (χ4v) is 2.41. The molecule has 0 heterocycles. The van der Waals surface area contributed by atoms with E-state index in [-0.39, 0.29) is 5.78 Å². The molecule has 0 saturated carbocycles. The molecule has 0 aliphatic carbocycles. The van der Waals surface area contributed by atoms with Gasteiger partial charge in [0, 0.05) is 22.2 Å². The average molecular weight is 283 g/mol. The van der Waals surface area contributed by atoms with Crippen LogP contribution in [0.3, 0.4) is 0 Å². The van der Waals surface area contributed by atoms with Gasteiger partial charge < -0.3 is 0 Å². The van der Waals surface area contributed by atoms with Gasteiger partial charge in [-0.2, -0.15) is 0 Å². The van der Waals surface area contributed by atoms with Crippen molar-refractivity contribution in [3.8, 4) is 12.3 Å². The third-order valence-electron chi connectivity index (χ3n) is 1.74. The second-order valence-corrected chi connectivity index (χ2v) is 4.95. The molecule has 1 aromatic rings. The van der Waals surface area contributed by atoms with E-state index < -0.39 is 0 Å². The van der Waals surface area contributed by atoms with Crippen molar-refractivity contribution in [2.45, 2.75) is 17.7 Å². The lowest BCUT2D eigenvalue weighted by Crippen LogP contribution is -2.00. The van der Waals surface area contributed by atoms with E-state index in [1.54, 1.807) is 11.8 Å². The number of terminal acetylenes is 1. The van der Waals surface area contributed by atoms with Crippen LogP contribution in [0.2, 0.25) is 0 Å². The summed E-state index contributed by atoms with van der Waals surface area (Å²) in [6.45, 7) is 0. The first-order chi connectivity index (χ1) is 7.22. The number of rotatable bonds is 5. The Bertz CT molecular complexity index is 381. The van der Waals surface area contributed by atoms with Gasteiger partial charge in [0.15, 0.2) is 0 Å². The quantitative estimate of drug-likeness (QED) is 0.607. The van der Waals surface area contributed by atoms with Crippen molar-refractivity contribution in [1.82, 2.24) is 0 Å². The molecule has 0 aliphatic heterocycles. The Hall–Kier alpha value is -0.720. The number of Topliss-reactive ketones (excluding diaryl/α,β-unsaturated/α-hetero) is 1. The van der Waals surface area contributed by atoms with Crippen molar-refractivity contribution in [1.29, 1.82) is 0 Å². The van der Waals surface area contributed by atoms with E-state index in [1.807, 2.05) is 24.3 Å². The highest BCUT2D eigenvalue weighted by molar-refractivity contribution is 9.10. The fourth-order valence-electron chi connectivity index (χ4n) is 1.00. The lowest BCUT2D eigenvalue weighted by Gasteiger charge is -2.00. The molecule has 78 valence electrons. The zero-order valence-corrected chi connectivity index (χ0v) is 10.6. The molecule has 0 atom stereocenters. The minimum atomic E-state index is 0.206. The molecule has 0 unspecified atom stereocenters. The van der Waals surface area contributed by atoms with Gasteiger partial charge in [-0.1, -0.05) is 22.0 Å². The molecule has 0 saturated heterocycles. The molecular weight excluding hydrogens is 272 g/mol. The third-order valence-corrected chi connectivity index (χ3v) is 3.29. The summed E-state index contributed by atoms with van der Waals surface area (Å²) >= 11 is 4.93. The summed E-state index contributed by atoms with van der Waals surface area (Å²) in [6.07, 6.45) is 6.11. The van der Waals surface area contributed by atoms with Crippen LogP contribution in [0.25, 0.3) is 0 Å². The van der Waals surface area contributed by atoms with Gasteiger partial charge in [-0.15, -0.1) is 24.1 Å². The Morgan fingerprint density at radius 3 is 3.00 bits per heavy atom. The van der Waals surface area contributed by atoms with Crippen LogP contribution in [0.4, 0.5) is 0 Å². The van der Waals surface area contributed by atoms with Crippen molar-refractivity contribution in [2.75, 3.05) is 5.75 Å². The van der Waals surface area contributed by atoms with Crippen LogP contribution in [0.5, 0.6) is 0 Å². The molecule has 1 aromatic carbocycles. The van der Waals surface area contributed by atoms with Gasteiger partial charge in [0.05, 0.1) is 5.75 Å². The first-order valence-corrected chi connectivity index (χ1v) is 6.34. The van der Waals surface area contributed by atoms with Gasteiger partial charge in [0.2, 0.25) is 0 Å². The monoisotopic (exact) mass is 282 g/mol. The van der Waals surface area contributed by atoms with E-state index in [0.29, 0.717) is 18.6 Å². The predicted molar refractivity (Wildman–Crippen MR) is 67.9 cm³/mol. The fraction of sp³-hybridized carbons (Fsp3) is 0.250. The van der Waals surface area contributed by atoms with E-state index in [9.17, 15) is 4.79 Å². The molecule has 0 radical (unpaired) electrons. The Kier molecular flexibility index (Phi) is 5.52. The first kappa shape index (κ1) is 12.4. The molecule has 3 heteroatoms. The molecule has 0 amide bonds. The molecular formula is C12H11BrOS. The third kappa shape index (κ3) is 5.06. The number of ketones is 1. The maximum atomic E-state index is 11.3. The number of thioether (sulfide) groups is 1. The molecule has 0 aromatic heterocycles. The molecule has 1 nitrogen and oxygen atoms in total. The van der Waals surface area contributed by atoms with Gasteiger partial charge in [-0.05, 0) is 18.2 Å². The van der Waals surface area contributed by atoms with Gasteiger partial charge >= 0.3 is 0 Å². The largest absolute Gasteiger partial charge is 0.299 e. The molecule has 0 N–H and O–H groups in total. The van der Waals surface area contributed by atoms with E-state index in [2.05, 4.69) is 21.9 Å². The Morgan fingerprint density at radius 1 is 1.53 bits per heavy atom. The van der Waals surface area contributed by atoms with Crippen LogP contribution in [0, 0.1) is 12.3 Å². The molecule has 15 heavy (non-hydrogen) atoms. The summed E-state index contributed by atoms with van der Waals surface area (Å²) in [5.41, 5.74) is 0. The SMILES string of the molecule is C#CCCC(=O)CSc1cccc(Br)c1. The van der Waals surface area contributed by atoms with E-state index >= 15 is 0 Å². The van der Waals surface area contributed by atoms with Crippen molar-refractivity contribution in [2.24, 2.45) is 0 Å². The van der Waals surface area contributed by atoms with E-state index in [1.165, 1.54) is 0 Å². The minimum Gasteiger partial charge on any atom is -0.299 e. The minimum absolute atomic E-state index is 0.206. The van der Waals surface area contributed by atoms with Gasteiger partial charge in [-0.25, -0.2) is 0 Å².